The zero-order chi connectivity index (χ0) is 14.0. The topological polar surface area (TPSA) is 113 Å². The van der Waals surface area contributed by atoms with E-state index in [1.165, 1.54) is 12.1 Å². The smallest absolute Gasteiger partial charge is 0.335 e. The molecule has 0 amide bonds. The molecular formula is C12H14N2O5. The van der Waals surface area contributed by atoms with Crippen molar-refractivity contribution >= 4 is 17.3 Å². The number of anilines is 1. The maximum absolute atomic E-state index is 10.9. The Labute approximate surface area is 109 Å². The Morgan fingerprint density at radius 3 is 2.63 bits per heavy atom. The first kappa shape index (κ1) is 13.3. The number of hydrogen-bond donors (Lipinski definition) is 3. The monoisotopic (exact) mass is 266 g/mol. The highest BCUT2D eigenvalue weighted by Crippen LogP contribution is 2.33. The summed E-state index contributed by atoms with van der Waals surface area (Å²) in [6.45, 7) is 0.177. The summed E-state index contributed by atoms with van der Waals surface area (Å²) in [6.07, 6.45) is 2.22. The Kier molecular flexibility index (Phi) is 3.39. The largest absolute Gasteiger partial charge is 0.478 e. The van der Waals surface area contributed by atoms with Gasteiger partial charge in [0.15, 0.2) is 0 Å². The molecule has 0 heterocycles. The lowest BCUT2D eigenvalue weighted by Gasteiger charge is -2.36. The number of benzene rings is 1. The predicted molar refractivity (Wildman–Crippen MR) is 67.3 cm³/mol. The van der Waals surface area contributed by atoms with Crippen molar-refractivity contribution in [2.24, 2.45) is 0 Å². The zero-order valence-electron chi connectivity index (χ0n) is 10.1. The Balaban J connectivity index is 2.22. The minimum absolute atomic E-state index is 0.0336. The first-order valence-electron chi connectivity index (χ1n) is 5.89. The van der Waals surface area contributed by atoms with E-state index in [9.17, 15) is 20.0 Å². The van der Waals surface area contributed by atoms with E-state index in [1.807, 2.05) is 0 Å². The van der Waals surface area contributed by atoms with Crippen LogP contribution < -0.4 is 5.32 Å². The van der Waals surface area contributed by atoms with Crippen LogP contribution in [0.2, 0.25) is 0 Å². The van der Waals surface area contributed by atoms with Crippen molar-refractivity contribution in [3.05, 3.63) is 33.9 Å². The minimum Gasteiger partial charge on any atom is -0.478 e. The second-order valence-corrected chi connectivity index (χ2v) is 4.73. The zero-order valence-corrected chi connectivity index (χ0v) is 10.1. The van der Waals surface area contributed by atoms with Gasteiger partial charge in [-0.05, 0) is 31.4 Å². The van der Waals surface area contributed by atoms with Gasteiger partial charge in [0.2, 0.25) is 0 Å². The molecule has 0 aromatic heterocycles. The summed E-state index contributed by atoms with van der Waals surface area (Å²) in [7, 11) is 0. The van der Waals surface area contributed by atoms with Crippen molar-refractivity contribution in [2.75, 3.05) is 11.9 Å². The lowest BCUT2D eigenvalue weighted by atomic mass is 9.80. The normalized spacial score (nSPS) is 16.5. The molecule has 0 radical (unpaired) electrons. The lowest BCUT2D eigenvalue weighted by Crippen LogP contribution is -2.43. The third-order valence-corrected chi connectivity index (χ3v) is 3.33. The Morgan fingerprint density at radius 2 is 2.16 bits per heavy atom. The van der Waals surface area contributed by atoms with Gasteiger partial charge in [0.05, 0.1) is 16.1 Å². The molecule has 19 heavy (non-hydrogen) atoms. The molecule has 102 valence electrons. The molecule has 3 N–H and O–H groups in total. The van der Waals surface area contributed by atoms with Crippen LogP contribution in [0.15, 0.2) is 18.2 Å². The molecule has 1 aromatic rings. The van der Waals surface area contributed by atoms with Gasteiger partial charge in [0.1, 0.15) is 5.69 Å². The molecule has 1 aliphatic carbocycles. The maximum Gasteiger partial charge on any atom is 0.335 e. The van der Waals surface area contributed by atoms with Crippen LogP contribution in [0.1, 0.15) is 29.6 Å². The fourth-order valence-electron chi connectivity index (χ4n) is 1.99. The van der Waals surface area contributed by atoms with Gasteiger partial charge in [0, 0.05) is 12.6 Å². The van der Waals surface area contributed by atoms with Crippen LogP contribution in [0, 0.1) is 10.1 Å². The van der Waals surface area contributed by atoms with Crippen LogP contribution in [0.5, 0.6) is 0 Å². The van der Waals surface area contributed by atoms with Crippen molar-refractivity contribution in [3.8, 4) is 0 Å². The van der Waals surface area contributed by atoms with Gasteiger partial charge in [-0.3, -0.25) is 10.1 Å². The third-order valence-electron chi connectivity index (χ3n) is 3.33. The Hall–Kier alpha value is -2.15. The van der Waals surface area contributed by atoms with E-state index in [2.05, 4.69) is 5.32 Å². The minimum atomic E-state index is -1.15. The molecule has 0 bridgehead atoms. The van der Waals surface area contributed by atoms with Crippen molar-refractivity contribution in [1.82, 2.24) is 0 Å². The van der Waals surface area contributed by atoms with Crippen LogP contribution in [-0.4, -0.2) is 33.3 Å². The van der Waals surface area contributed by atoms with Crippen LogP contribution in [-0.2, 0) is 0 Å². The number of carboxylic acids is 1. The molecule has 1 aliphatic rings. The number of nitro benzene ring substituents is 1. The first-order valence-corrected chi connectivity index (χ1v) is 5.89. The molecule has 0 unspecified atom stereocenters. The maximum atomic E-state index is 10.9. The van der Waals surface area contributed by atoms with Gasteiger partial charge in [-0.1, -0.05) is 0 Å². The van der Waals surface area contributed by atoms with Crippen molar-refractivity contribution in [3.63, 3.8) is 0 Å². The summed E-state index contributed by atoms with van der Waals surface area (Å²) in [6, 6.07) is 3.54. The molecule has 0 atom stereocenters. The SMILES string of the molecule is O=C(O)c1ccc([N+](=O)[O-])c(NCC2(O)CCC2)c1. The molecule has 7 heteroatoms. The standard InChI is InChI=1S/C12H14N2O5/c15-11(16)8-2-3-10(14(18)19)9(6-8)13-7-12(17)4-1-5-12/h2-3,6,13,17H,1,4-5,7H2,(H,15,16). The van der Waals surface area contributed by atoms with E-state index in [0.717, 1.165) is 12.5 Å². The van der Waals surface area contributed by atoms with E-state index >= 15 is 0 Å². The van der Waals surface area contributed by atoms with Gasteiger partial charge in [0.25, 0.3) is 5.69 Å². The molecule has 0 spiro atoms. The third kappa shape index (κ3) is 2.82. The second kappa shape index (κ2) is 4.85. The van der Waals surface area contributed by atoms with Gasteiger partial charge in [-0.15, -0.1) is 0 Å². The first-order chi connectivity index (χ1) is 8.91. The summed E-state index contributed by atoms with van der Waals surface area (Å²) in [4.78, 5) is 21.1. The van der Waals surface area contributed by atoms with Crippen LogP contribution >= 0.6 is 0 Å². The highest BCUT2D eigenvalue weighted by Gasteiger charge is 2.34. The lowest BCUT2D eigenvalue weighted by molar-refractivity contribution is -0.384. The van der Waals surface area contributed by atoms with E-state index in [1.54, 1.807) is 0 Å². The number of nitro groups is 1. The van der Waals surface area contributed by atoms with E-state index in [-0.39, 0.29) is 23.5 Å². The van der Waals surface area contributed by atoms with Gasteiger partial charge < -0.3 is 15.5 Å². The number of nitrogens with zero attached hydrogens (tertiary/aromatic N) is 1. The average Bonchev–Trinajstić information content (AvgIpc) is 2.33. The summed E-state index contributed by atoms with van der Waals surface area (Å²) in [5.74, 6) is -1.15. The van der Waals surface area contributed by atoms with Gasteiger partial charge >= 0.3 is 5.97 Å². The van der Waals surface area contributed by atoms with Crippen molar-refractivity contribution < 1.29 is 19.9 Å². The highest BCUT2D eigenvalue weighted by molar-refractivity contribution is 5.90. The number of aliphatic hydroxyl groups is 1. The summed E-state index contributed by atoms with van der Waals surface area (Å²) in [5.41, 5.74) is -0.959. The Bertz CT molecular complexity index is 525. The molecule has 1 aromatic carbocycles. The van der Waals surface area contributed by atoms with Crippen LogP contribution in [0.3, 0.4) is 0 Å². The van der Waals surface area contributed by atoms with Crippen molar-refractivity contribution in [1.29, 1.82) is 0 Å². The van der Waals surface area contributed by atoms with E-state index in [4.69, 9.17) is 5.11 Å². The molecule has 0 aliphatic heterocycles. The molecule has 1 fully saturated rings. The van der Waals surface area contributed by atoms with Crippen LogP contribution in [0.25, 0.3) is 0 Å². The molecular weight excluding hydrogens is 252 g/mol. The quantitative estimate of drug-likeness (QED) is 0.551. The average molecular weight is 266 g/mol. The number of carboxylic acid groups (broad SMARTS) is 1. The summed E-state index contributed by atoms with van der Waals surface area (Å²) < 4.78 is 0. The van der Waals surface area contributed by atoms with E-state index in [0.29, 0.717) is 12.8 Å². The molecule has 7 nitrogen and oxygen atoms in total. The van der Waals surface area contributed by atoms with Gasteiger partial charge in [-0.2, -0.15) is 0 Å². The fraction of sp³-hybridized carbons (Fsp3) is 0.417. The van der Waals surface area contributed by atoms with E-state index < -0.39 is 16.5 Å². The summed E-state index contributed by atoms with van der Waals surface area (Å²) in [5, 5.41) is 32.5. The Morgan fingerprint density at radius 1 is 1.47 bits per heavy atom. The number of carbonyl (C=O) groups is 1. The molecule has 1 saturated carbocycles. The fourth-order valence-corrected chi connectivity index (χ4v) is 1.99. The highest BCUT2D eigenvalue weighted by atomic mass is 16.6. The summed E-state index contributed by atoms with van der Waals surface area (Å²) >= 11 is 0. The number of hydrogen-bond acceptors (Lipinski definition) is 5. The molecule has 0 saturated heterocycles. The number of aromatic carboxylic acids is 1. The number of nitrogens with one attached hydrogen (secondary N) is 1. The van der Waals surface area contributed by atoms with Gasteiger partial charge in [-0.25, -0.2) is 4.79 Å². The second-order valence-electron chi connectivity index (χ2n) is 4.73. The van der Waals surface area contributed by atoms with Crippen molar-refractivity contribution in [2.45, 2.75) is 24.9 Å². The number of rotatable bonds is 5. The predicted octanol–water partition coefficient (Wildman–Crippen LogP) is 1.62. The molecule has 2 rings (SSSR count). The van der Waals surface area contributed by atoms with Crippen LogP contribution in [0.4, 0.5) is 11.4 Å².